The van der Waals surface area contributed by atoms with E-state index in [2.05, 4.69) is 15.3 Å². The molecule has 1 aromatic rings. The number of fused-ring (bicyclic) bond motifs is 2. The fourth-order valence-corrected chi connectivity index (χ4v) is 3.93. The highest BCUT2D eigenvalue weighted by Gasteiger charge is 2.31. The van der Waals surface area contributed by atoms with Crippen LogP contribution in [0.5, 0.6) is 0 Å². The Kier molecular flexibility index (Phi) is 5.49. The zero-order valence-electron chi connectivity index (χ0n) is 15.1. The molecule has 4 rings (SSSR count). The predicted molar refractivity (Wildman–Crippen MR) is 98.4 cm³/mol. The van der Waals surface area contributed by atoms with Crippen molar-refractivity contribution in [2.75, 3.05) is 39.4 Å². The van der Waals surface area contributed by atoms with Crippen molar-refractivity contribution in [1.82, 2.24) is 10.3 Å². The van der Waals surface area contributed by atoms with Gasteiger partial charge in [0.1, 0.15) is 0 Å². The van der Waals surface area contributed by atoms with E-state index in [9.17, 15) is 10.4 Å². The molecule has 3 N–H and O–H groups in total. The number of benzene rings is 1. The first kappa shape index (κ1) is 17.8. The smallest absolute Gasteiger partial charge is 0.347 e. The molecule has 0 amide bonds. The number of guanidine groups is 1. The van der Waals surface area contributed by atoms with Gasteiger partial charge in [0.25, 0.3) is 0 Å². The number of nitrogens with one attached hydrogen (secondary N) is 3. The van der Waals surface area contributed by atoms with Gasteiger partial charge in [-0.15, -0.1) is 0 Å². The highest BCUT2D eigenvalue weighted by Crippen LogP contribution is 2.28. The van der Waals surface area contributed by atoms with Crippen LogP contribution in [-0.4, -0.2) is 50.3 Å². The number of hydrogen-bond donors (Lipinski definition) is 3. The summed E-state index contributed by atoms with van der Waals surface area (Å²) in [5, 5.41) is 24.7. The molecule has 142 valence electrons. The maximum atomic E-state index is 12.7. The molecule has 0 radical (unpaired) electrons. The summed E-state index contributed by atoms with van der Waals surface area (Å²) in [5.74, 6) is 0.201. The Morgan fingerprint density at radius 2 is 1.81 bits per heavy atom. The quantitative estimate of drug-likeness (QED) is 0.471. The van der Waals surface area contributed by atoms with Gasteiger partial charge in [0.15, 0.2) is 0 Å². The number of ether oxygens (including phenoxy) is 1. The Balaban J connectivity index is 1.35. The van der Waals surface area contributed by atoms with Gasteiger partial charge in [-0.2, -0.15) is 5.43 Å². The standard InChI is InChI=1S/C18H27N5O3/c24-22-16-12-14-4-3-5-15(14)13-17(16)23(25)20-18(22)19-6-1-2-7-21-8-10-26-11-9-21/h12-13,22-23H,1-11H2,(H,19,20). The van der Waals surface area contributed by atoms with Gasteiger partial charge in [-0.25, -0.2) is 10.2 Å². The van der Waals surface area contributed by atoms with E-state index in [-0.39, 0.29) is 16.2 Å². The lowest BCUT2D eigenvalue weighted by atomic mass is 10.1. The van der Waals surface area contributed by atoms with Crippen LogP contribution in [-0.2, 0) is 17.6 Å². The number of hydrogen-bond acceptors (Lipinski definition) is 5. The average molecular weight is 361 g/mol. The summed E-state index contributed by atoms with van der Waals surface area (Å²) in [7, 11) is 0. The van der Waals surface area contributed by atoms with Crippen LogP contribution in [0, 0.1) is 10.4 Å². The minimum atomic E-state index is -0.207. The molecule has 2 heterocycles. The van der Waals surface area contributed by atoms with Crippen molar-refractivity contribution in [1.29, 1.82) is 0 Å². The van der Waals surface area contributed by atoms with Crippen molar-refractivity contribution in [2.45, 2.75) is 32.1 Å². The number of hydroxylamine groups is 1. The molecule has 1 saturated heterocycles. The summed E-state index contributed by atoms with van der Waals surface area (Å²) in [4.78, 5) is 6.77. The molecule has 0 bridgehead atoms. The van der Waals surface area contributed by atoms with E-state index in [1.54, 1.807) is 0 Å². The third kappa shape index (κ3) is 3.75. The van der Waals surface area contributed by atoms with E-state index in [0.29, 0.717) is 17.9 Å². The molecule has 1 aromatic carbocycles. The van der Waals surface area contributed by atoms with Gasteiger partial charge in [-0.1, -0.05) is 0 Å². The van der Waals surface area contributed by atoms with Crippen LogP contribution < -0.4 is 15.7 Å². The van der Waals surface area contributed by atoms with Gasteiger partial charge in [-0.3, -0.25) is 9.96 Å². The van der Waals surface area contributed by atoms with E-state index in [4.69, 9.17) is 4.74 Å². The second-order valence-electron chi connectivity index (χ2n) is 7.19. The number of aryl methyl sites for hydroxylation is 2. The summed E-state index contributed by atoms with van der Waals surface area (Å²) in [6.07, 6.45) is 5.02. The van der Waals surface area contributed by atoms with Crippen molar-refractivity contribution in [3.05, 3.63) is 33.7 Å². The lowest BCUT2D eigenvalue weighted by Gasteiger charge is -2.34. The summed E-state index contributed by atoms with van der Waals surface area (Å²) < 4.78 is 5.34. The maximum Gasteiger partial charge on any atom is 0.347 e. The summed E-state index contributed by atoms with van der Waals surface area (Å²) >= 11 is 0. The Morgan fingerprint density at radius 3 is 2.58 bits per heavy atom. The van der Waals surface area contributed by atoms with Crippen molar-refractivity contribution < 1.29 is 15.0 Å². The molecule has 8 heteroatoms. The molecule has 2 unspecified atom stereocenters. The van der Waals surface area contributed by atoms with Gasteiger partial charge >= 0.3 is 5.96 Å². The van der Waals surface area contributed by atoms with Crippen LogP contribution in [0.1, 0.15) is 30.4 Å². The first-order chi connectivity index (χ1) is 12.7. The Labute approximate surface area is 153 Å². The summed E-state index contributed by atoms with van der Waals surface area (Å²) in [5.41, 5.74) is 6.11. The molecule has 8 nitrogen and oxygen atoms in total. The fraction of sp³-hybridized carbons (Fsp3) is 0.611. The monoisotopic (exact) mass is 361 g/mol. The van der Waals surface area contributed by atoms with Gasteiger partial charge in [0, 0.05) is 31.8 Å². The topological polar surface area (TPSA) is 91.9 Å². The van der Waals surface area contributed by atoms with Gasteiger partial charge < -0.3 is 15.2 Å². The Morgan fingerprint density at radius 1 is 1.08 bits per heavy atom. The van der Waals surface area contributed by atoms with Crippen molar-refractivity contribution in [2.24, 2.45) is 4.99 Å². The number of rotatable bonds is 5. The van der Waals surface area contributed by atoms with Crippen LogP contribution in [0.2, 0.25) is 0 Å². The number of nitrogens with zero attached hydrogens (tertiary/aromatic N) is 2. The molecule has 0 aromatic heterocycles. The van der Waals surface area contributed by atoms with E-state index in [1.165, 1.54) is 11.1 Å². The molecule has 1 fully saturated rings. The fourth-order valence-electron chi connectivity index (χ4n) is 3.93. The molecule has 0 saturated carbocycles. The van der Waals surface area contributed by atoms with Gasteiger partial charge in [0.2, 0.25) is 11.4 Å². The predicted octanol–water partition coefficient (Wildman–Crippen LogP) is -0.810. The van der Waals surface area contributed by atoms with Crippen LogP contribution in [0.3, 0.4) is 0 Å². The highest BCUT2D eigenvalue weighted by atomic mass is 16.6. The van der Waals surface area contributed by atoms with E-state index in [1.807, 2.05) is 12.1 Å². The van der Waals surface area contributed by atoms with Crippen LogP contribution in [0.15, 0.2) is 17.1 Å². The highest BCUT2D eigenvalue weighted by molar-refractivity contribution is 5.76. The lowest BCUT2D eigenvalue weighted by Crippen LogP contribution is -3.24. The largest absolute Gasteiger partial charge is 0.621 e. The van der Waals surface area contributed by atoms with Crippen molar-refractivity contribution >= 4 is 17.3 Å². The van der Waals surface area contributed by atoms with Gasteiger partial charge in [-0.05, 0) is 49.8 Å². The van der Waals surface area contributed by atoms with Crippen LogP contribution in [0.4, 0.5) is 11.4 Å². The van der Waals surface area contributed by atoms with E-state index in [0.717, 1.165) is 65.0 Å². The first-order valence-electron chi connectivity index (χ1n) is 9.59. The number of unbranched alkanes of at least 4 members (excludes halogenated alkanes) is 1. The molecule has 2 atom stereocenters. The second-order valence-corrected chi connectivity index (χ2v) is 7.19. The molecular formula is C18H27N5O3. The van der Waals surface area contributed by atoms with Crippen molar-refractivity contribution in [3.63, 3.8) is 0 Å². The number of morpholine rings is 1. The Hall–Kier alpha value is -1.55. The van der Waals surface area contributed by atoms with Crippen molar-refractivity contribution in [3.8, 4) is 0 Å². The SMILES string of the molecule is [O-][NH+]1NC(=NCCCCN2CCOCC2)[NH+]([O-])c2cc3c(cc21)CCC3. The zero-order chi connectivity index (χ0) is 17.9. The van der Waals surface area contributed by atoms with Crippen LogP contribution >= 0.6 is 0 Å². The van der Waals surface area contributed by atoms with Crippen LogP contribution in [0.25, 0.3) is 0 Å². The molecular weight excluding hydrogens is 334 g/mol. The minimum Gasteiger partial charge on any atom is -0.621 e. The maximum absolute atomic E-state index is 12.7. The molecule has 2 aliphatic heterocycles. The molecule has 0 spiro atoms. The molecule has 1 aliphatic carbocycles. The van der Waals surface area contributed by atoms with Gasteiger partial charge in [0.05, 0.1) is 13.2 Å². The number of aliphatic imine (C=N–C) groups is 1. The second kappa shape index (κ2) is 7.99. The minimum absolute atomic E-state index is 0.150. The summed E-state index contributed by atoms with van der Waals surface area (Å²) in [6, 6.07) is 3.80. The van der Waals surface area contributed by atoms with E-state index >= 15 is 0 Å². The lowest BCUT2D eigenvalue weighted by molar-refractivity contribution is -0.851. The first-order valence-corrected chi connectivity index (χ1v) is 9.59. The molecule has 3 aliphatic rings. The zero-order valence-corrected chi connectivity index (χ0v) is 15.1. The average Bonchev–Trinajstić information content (AvgIpc) is 3.12. The van der Waals surface area contributed by atoms with E-state index < -0.39 is 0 Å². The Bertz CT molecular complexity index is 675. The normalized spacial score (nSPS) is 27.2. The number of quaternary nitrogens is 2. The third-order valence-electron chi connectivity index (χ3n) is 5.42. The third-order valence-corrected chi connectivity index (χ3v) is 5.42. The molecule has 26 heavy (non-hydrogen) atoms. The summed E-state index contributed by atoms with van der Waals surface area (Å²) in [6.45, 7) is 5.20.